The Labute approximate surface area is 83.0 Å². The minimum Gasteiger partial charge on any atom is -0.446 e. The third-order valence-electron chi connectivity index (χ3n) is 4.39. The summed E-state index contributed by atoms with van der Waals surface area (Å²) < 4.78 is 5.11. The Hall–Kier alpha value is -1.04. The van der Waals surface area contributed by atoms with E-state index < -0.39 is 6.10 Å². The predicted octanol–water partition coefficient (Wildman–Crippen LogP) is 1.34. The van der Waals surface area contributed by atoms with E-state index in [0.717, 1.165) is 6.42 Å². The van der Waals surface area contributed by atoms with E-state index >= 15 is 0 Å². The molecule has 0 N–H and O–H groups in total. The number of esters is 1. The van der Waals surface area contributed by atoms with Gasteiger partial charge >= 0.3 is 5.97 Å². The van der Waals surface area contributed by atoms with Crippen LogP contribution < -0.4 is 0 Å². The smallest absolute Gasteiger partial charge is 0.311 e. The highest BCUT2D eigenvalue weighted by Gasteiger charge is 2.61. The Balaban J connectivity index is 1.96. The van der Waals surface area contributed by atoms with Gasteiger partial charge in [-0.05, 0) is 30.6 Å². The van der Waals surface area contributed by atoms with Crippen LogP contribution in [0.5, 0.6) is 0 Å². The molecule has 3 nitrogen and oxygen atoms in total. The molecular weight excluding hydrogens is 178 g/mol. The Morgan fingerprint density at radius 2 is 2.29 bits per heavy atom. The molecule has 1 aliphatic heterocycles. The number of rotatable bonds is 0. The second kappa shape index (κ2) is 2.50. The number of cyclic esters (lactones) is 1. The average molecular weight is 191 g/mol. The maximum atomic E-state index is 11.6. The van der Waals surface area contributed by atoms with E-state index in [9.17, 15) is 4.79 Å². The molecule has 0 aromatic carbocycles. The molecule has 0 radical (unpaired) electrons. The fraction of sp³-hybridized carbons (Fsp3) is 0.818. The third kappa shape index (κ3) is 0.796. The summed E-state index contributed by atoms with van der Waals surface area (Å²) in [6.45, 7) is 2.22. The standard InChI is InChI=1S/C11H13NO2/c1-5-2-6-3-7(5)10-9(6)8(4-12)14-11(10)13/h5-10H,2-3H2,1H3. The third-order valence-corrected chi connectivity index (χ3v) is 4.39. The summed E-state index contributed by atoms with van der Waals surface area (Å²) in [7, 11) is 0. The Kier molecular flexibility index (Phi) is 1.48. The molecule has 0 aromatic heterocycles. The molecule has 3 aliphatic rings. The van der Waals surface area contributed by atoms with Crippen molar-refractivity contribution in [2.75, 3.05) is 0 Å². The number of carbonyl (C=O) groups excluding carboxylic acids is 1. The van der Waals surface area contributed by atoms with Crippen LogP contribution in [0.25, 0.3) is 0 Å². The molecule has 2 bridgehead atoms. The van der Waals surface area contributed by atoms with Crippen LogP contribution in [0.2, 0.25) is 0 Å². The second-order valence-corrected chi connectivity index (χ2v) is 4.96. The second-order valence-electron chi connectivity index (χ2n) is 4.96. The molecule has 3 fully saturated rings. The van der Waals surface area contributed by atoms with E-state index in [1.54, 1.807) is 0 Å². The summed E-state index contributed by atoms with van der Waals surface area (Å²) in [6, 6.07) is 2.12. The van der Waals surface area contributed by atoms with Gasteiger partial charge in [-0.3, -0.25) is 4.79 Å². The fourth-order valence-corrected chi connectivity index (χ4v) is 3.89. The zero-order valence-electron chi connectivity index (χ0n) is 8.14. The minimum atomic E-state index is -0.449. The number of carbonyl (C=O) groups is 1. The van der Waals surface area contributed by atoms with E-state index in [1.807, 2.05) is 0 Å². The van der Waals surface area contributed by atoms with E-state index in [0.29, 0.717) is 17.8 Å². The molecule has 14 heavy (non-hydrogen) atoms. The Morgan fingerprint density at radius 1 is 1.50 bits per heavy atom. The van der Waals surface area contributed by atoms with Crippen molar-refractivity contribution in [3.8, 4) is 6.07 Å². The first kappa shape index (κ1) is 8.28. The van der Waals surface area contributed by atoms with Crippen molar-refractivity contribution in [1.82, 2.24) is 0 Å². The van der Waals surface area contributed by atoms with Gasteiger partial charge in [-0.25, -0.2) is 0 Å². The van der Waals surface area contributed by atoms with Crippen LogP contribution in [-0.4, -0.2) is 12.1 Å². The van der Waals surface area contributed by atoms with Gasteiger partial charge in [0.1, 0.15) is 6.07 Å². The van der Waals surface area contributed by atoms with Crippen molar-refractivity contribution < 1.29 is 9.53 Å². The van der Waals surface area contributed by atoms with Crippen LogP contribution in [0.1, 0.15) is 19.8 Å². The van der Waals surface area contributed by atoms with Gasteiger partial charge in [-0.1, -0.05) is 6.92 Å². The molecule has 1 heterocycles. The molecule has 3 heteroatoms. The van der Waals surface area contributed by atoms with Crippen molar-refractivity contribution in [3.63, 3.8) is 0 Å². The highest BCUT2D eigenvalue weighted by Crippen LogP contribution is 2.59. The Bertz CT molecular complexity index is 333. The molecule has 74 valence electrons. The SMILES string of the molecule is CC1CC2CC1C1C(=O)OC(C#N)C21. The maximum Gasteiger partial charge on any atom is 0.311 e. The van der Waals surface area contributed by atoms with E-state index in [-0.39, 0.29) is 17.8 Å². The van der Waals surface area contributed by atoms with Crippen molar-refractivity contribution in [3.05, 3.63) is 0 Å². The maximum absolute atomic E-state index is 11.6. The average Bonchev–Trinajstić information content (AvgIpc) is 2.76. The van der Waals surface area contributed by atoms with Crippen molar-refractivity contribution in [2.45, 2.75) is 25.9 Å². The van der Waals surface area contributed by atoms with E-state index in [1.165, 1.54) is 6.42 Å². The van der Waals surface area contributed by atoms with Crippen molar-refractivity contribution in [2.24, 2.45) is 29.6 Å². The summed E-state index contributed by atoms with van der Waals surface area (Å²) in [5.41, 5.74) is 0. The molecule has 6 unspecified atom stereocenters. The highest BCUT2D eigenvalue weighted by molar-refractivity contribution is 5.77. The summed E-state index contributed by atoms with van der Waals surface area (Å²) >= 11 is 0. The fourth-order valence-electron chi connectivity index (χ4n) is 3.89. The monoisotopic (exact) mass is 191 g/mol. The largest absolute Gasteiger partial charge is 0.446 e. The number of hydrogen-bond donors (Lipinski definition) is 0. The summed E-state index contributed by atoms with van der Waals surface area (Å²) in [6.07, 6.45) is 1.87. The number of ether oxygens (including phenoxy) is 1. The number of fused-ring (bicyclic) bond motifs is 5. The van der Waals surface area contributed by atoms with Crippen LogP contribution in [0, 0.1) is 40.9 Å². The molecule has 2 aliphatic carbocycles. The van der Waals surface area contributed by atoms with Crippen LogP contribution in [0.4, 0.5) is 0 Å². The molecule has 3 rings (SSSR count). The first-order valence-electron chi connectivity index (χ1n) is 5.32. The first-order chi connectivity index (χ1) is 6.72. The van der Waals surface area contributed by atoms with Gasteiger partial charge in [0.15, 0.2) is 6.10 Å². The lowest BCUT2D eigenvalue weighted by atomic mass is 9.74. The van der Waals surface area contributed by atoms with Crippen LogP contribution >= 0.6 is 0 Å². The van der Waals surface area contributed by atoms with Gasteiger partial charge in [0, 0.05) is 5.92 Å². The number of hydrogen-bond acceptors (Lipinski definition) is 3. The van der Waals surface area contributed by atoms with Gasteiger partial charge in [0.05, 0.1) is 5.92 Å². The summed E-state index contributed by atoms with van der Waals surface area (Å²) in [5, 5.41) is 8.90. The van der Waals surface area contributed by atoms with Gasteiger partial charge in [-0.15, -0.1) is 0 Å². The summed E-state index contributed by atoms with van der Waals surface area (Å²) in [4.78, 5) is 11.6. The Morgan fingerprint density at radius 3 is 3.00 bits per heavy atom. The zero-order valence-corrected chi connectivity index (χ0v) is 8.14. The normalized spacial score (nSPS) is 54.1. The summed E-state index contributed by atoms with van der Waals surface area (Å²) in [5.74, 6) is 1.86. The van der Waals surface area contributed by atoms with Gasteiger partial charge in [0.25, 0.3) is 0 Å². The van der Waals surface area contributed by atoms with E-state index in [2.05, 4.69) is 13.0 Å². The molecule has 6 atom stereocenters. The quantitative estimate of drug-likeness (QED) is 0.543. The molecule has 0 spiro atoms. The molecule has 1 saturated heterocycles. The molecule has 0 aromatic rings. The van der Waals surface area contributed by atoms with Crippen LogP contribution in [-0.2, 0) is 9.53 Å². The lowest BCUT2D eigenvalue weighted by molar-refractivity contribution is -0.144. The molecule has 2 saturated carbocycles. The van der Waals surface area contributed by atoms with Gasteiger partial charge in [0.2, 0.25) is 0 Å². The highest BCUT2D eigenvalue weighted by atomic mass is 16.6. The van der Waals surface area contributed by atoms with Crippen molar-refractivity contribution >= 4 is 5.97 Å². The number of nitriles is 1. The van der Waals surface area contributed by atoms with Gasteiger partial charge < -0.3 is 4.74 Å². The van der Waals surface area contributed by atoms with Crippen LogP contribution in [0.3, 0.4) is 0 Å². The number of nitrogens with zero attached hydrogens (tertiary/aromatic N) is 1. The van der Waals surface area contributed by atoms with Gasteiger partial charge in [-0.2, -0.15) is 5.26 Å². The minimum absolute atomic E-state index is 0.0494. The van der Waals surface area contributed by atoms with E-state index in [4.69, 9.17) is 10.00 Å². The molecule has 0 amide bonds. The predicted molar refractivity (Wildman–Crippen MR) is 47.9 cm³/mol. The van der Waals surface area contributed by atoms with Crippen LogP contribution in [0.15, 0.2) is 0 Å². The molecular formula is C11H13NO2. The zero-order chi connectivity index (χ0) is 9.87. The lowest BCUT2D eigenvalue weighted by Crippen LogP contribution is -2.30. The first-order valence-corrected chi connectivity index (χ1v) is 5.32. The van der Waals surface area contributed by atoms with Crippen molar-refractivity contribution in [1.29, 1.82) is 5.26 Å². The topological polar surface area (TPSA) is 50.1 Å². The lowest BCUT2D eigenvalue weighted by Gasteiger charge is -2.26.